The second-order valence-corrected chi connectivity index (χ2v) is 8.25. The van der Waals surface area contributed by atoms with E-state index in [-0.39, 0.29) is 18.0 Å². The molecule has 3 rings (SSSR count). The summed E-state index contributed by atoms with van der Waals surface area (Å²) in [6.45, 7) is 2.66. The van der Waals surface area contributed by atoms with Crippen molar-refractivity contribution in [1.29, 1.82) is 0 Å². The van der Waals surface area contributed by atoms with Crippen LogP contribution in [0.4, 0.5) is 10.5 Å². The van der Waals surface area contributed by atoms with Gasteiger partial charge < -0.3 is 4.74 Å². The van der Waals surface area contributed by atoms with E-state index in [0.29, 0.717) is 23.7 Å². The molecule has 1 N–H and O–H groups in total. The monoisotopic (exact) mass is 394 g/mol. The minimum Gasteiger partial charge on any atom is -0.450 e. The number of rotatable bonds is 4. The van der Waals surface area contributed by atoms with Gasteiger partial charge in [0.1, 0.15) is 0 Å². The van der Waals surface area contributed by atoms with Gasteiger partial charge in [0.2, 0.25) is 10.0 Å². The Morgan fingerprint density at radius 3 is 2.62 bits per heavy atom. The molecule has 0 spiro atoms. The normalized spacial score (nSPS) is 14.5. The van der Waals surface area contributed by atoms with E-state index in [1.165, 1.54) is 16.4 Å². The number of hydrogen-bond donors (Lipinski definition) is 1. The van der Waals surface area contributed by atoms with E-state index in [1.807, 2.05) is 6.07 Å². The Bertz CT molecular complexity index is 913. The highest BCUT2D eigenvalue weighted by Crippen LogP contribution is 2.27. The minimum atomic E-state index is -3.60. The second kappa shape index (κ2) is 7.65. The highest BCUT2D eigenvalue weighted by atomic mass is 35.5. The molecule has 1 aliphatic heterocycles. The lowest BCUT2D eigenvalue weighted by Crippen LogP contribution is -2.36. The van der Waals surface area contributed by atoms with Crippen LogP contribution < -0.4 is 5.32 Å². The average molecular weight is 395 g/mol. The highest BCUT2D eigenvalue weighted by molar-refractivity contribution is 7.89. The van der Waals surface area contributed by atoms with Gasteiger partial charge >= 0.3 is 6.09 Å². The van der Waals surface area contributed by atoms with E-state index < -0.39 is 16.1 Å². The lowest BCUT2D eigenvalue weighted by Gasteiger charge is -2.28. The Hall–Kier alpha value is -2.09. The third-order valence-corrected chi connectivity index (χ3v) is 6.27. The number of carbonyl (C=O) groups is 1. The molecule has 1 amide bonds. The molecule has 2 aromatic rings. The van der Waals surface area contributed by atoms with Crippen LogP contribution >= 0.6 is 11.6 Å². The summed E-state index contributed by atoms with van der Waals surface area (Å²) < 4.78 is 32.0. The topological polar surface area (TPSA) is 75.7 Å². The summed E-state index contributed by atoms with van der Waals surface area (Å²) in [5.74, 6) is 0. The Morgan fingerprint density at radius 2 is 1.92 bits per heavy atom. The van der Waals surface area contributed by atoms with Crippen LogP contribution in [0.3, 0.4) is 0 Å². The van der Waals surface area contributed by atoms with E-state index in [9.17, 15) is 13.2 Å². The van der Waals surface area contributed by atoms with Gasteiger partial charge in [0.25, 0.3) is 0 Å². The number of benzene rings is 2. The molecule has 0 radical (unpaired) electrons. The maximum Gasteiger partial charge on any atom is 0.411 e. The summed E-state index contributed by atoms with van der Waals surface area (Å²) in [6, 6.07) is 11.6. The summed E-state index contributed by atoms with van der Waals surface area (Å²) in [5, 5.41) is 3.13. The van der Waals surface area contributed by atoms with Gasteiger partial charge in [0, 0.05) is 23.8 Å². The van der Waals surface area contributed by atoms with Crippen molar-refractivity contribution in [2.24, 2.45) is 0 Å². The molecule has 0 fully saturated rings. The summed E-state index contributed by atoms with van der Waals surface area (Å²) in [6.07, 6.45) is 0.0795. The fourth-order valence-electron chi connectivity index (χ4n) is 2.85. The summed E-state index contributed by atoms with van der Waals surface area (Å²) in [7, 11) is -3.60. The van der Waals surface area contributed by atoms with Crippen LogP contribution in [0.1, 0.15) is 18.1 Å². The first kappa shape index (κ1) is 18.7. The van der Waals surface area contributed by atoms with Crippen LogP contribution in [0.15, 0.2) is 47.4 Å². The number of hydrogen-bond acceptors (Lipinski definition) is 4. The molecule has 0 saturated carbocycles. The van der Waals surface area contributed by atoms with Crippen molar-refractivity contribution in [3.05, 3.63) is 58.6 Å². The van der Waals surface area contributed by atoms with E-state index >= 15 is 0 Å². The second-order valence-electron chi connectivity index (χ2n) is 5.87. The number of carbonyl (C=O) groups excluding carboxylic acids is 1. The van der Waals surface area contributed by atoms with Crippen LogP contribution in [0.25, 0.3) is 0 Å². The molecule has 6 nitrogen and oxygen atoms in total. The lowest BCUT2D eigenvalue weighted by molar-refractivity contribution is 0.168. The molecule has 0 bridgehead atoms. The number of anilines is 1. The molecule has 0 atom stereocenters. The van der Waals surface area contributed by atoms with Crippen molar-refractivity contribution in [3.8, 4) is 0 Å². The summed E-state index contributed by atoms with van der Waals surface area (Å²) in [5.41, 5.74) is 2.51. The molecule has 2 aromatic carbocycles. The summed E-state index contributed by atoms with van der Waals surface area (Å²) in [4.78, 5) is 11.8. The van der Waals surface area contributed by atoms with Crippen molar-refractivity contribution in [2.45, 2.75) is 24.8 Å². The number of nitrogens with one attached hydrogen (secondary N) is 1. The van der Waals surface area contributed by atoms with Crippen LogP contribution in [0, 0.1) is 0 Å². The molecule has 0 unspecified atom stereocenters. The van der Waals surface area contributed by atoms with Crippen molar-refractivity contribution >= 4 is 33.4 Å². The van der Waals surface area contributed by atoms with Crippen molar-refractivity contribution in [2.75, 3.05) is 18.5 Å². The molecular weight excluding hydrogens is 376 g/mol. The van der Waals surface area contributed by atoms with Gasteiger partial charge in [-0.25, -0.2) is 13.2 Å². The molecule has 0 saturated heterocycles. The van der Waals surface area contributed by atoms with Gasteiger partial charge in [-0.1, -0.05) is 17.7 Å². The molecule has 1 aliphatic rings. The number of sulfonamides is 1. The first-order chi connectivity index (χ1) is 12.4. The molecule has 138 valence electrons. The Morgan fingerprint density at radius 1 is 1.19 bits per heavy atom. The van der Waals surface area contributed by atoms with Crippen LogP contribution in [-0.4, -0.2) is 32.0 Å². The van der Waals surface area contributed by atoms with Crippen molar-refractivity contribution in [3.63, 3.8) is 0 Å². The zero-order valence-corrected chi connectivity index (χ0v) is 15.8. The molecule has 26 heavy (non-hydrogen) atoms. The van der Waals surface area contributed by atoms with E-state index in [1.54, 1.807) is 31.2 Å². The first-order valence-electron chi connectivity index (χ1n) is 8.21. The van der Waals surface area contributed by atoms with Gasteiger partial charge in [0.15, 0.2) is 0 Å². The first-order valence-corrected chi connectivity index (χ1v) is 10.0. The van der Waals surface area contributed by atoms with E-state index in [4.69, 9.17) is 16.3 Å². The van der Waals surface area contributed by atoms with Gasteiger partial charge in [-0.05, 0) is 60.9 Å². The number of ether oxygens (including phenoxy) is 1. The zero-order valence-electron chi connectivity index (χ0n) is 14.2. The average Bonchev–Trinajstić information content (AvgIpc) is 2.61. The van der Waals surface area contributed by atoms with Crippen LogP contribution in [-0.2, 0) is 27.7 Å². The molecule has 8 heteroatoms. The maximum absolute atomic E-state index is 12.8. The summed E-state index contributed by atoms with van der Waals surface area (Å²) >= 11 is 5.84. The van der Waals surface area contributed by atoms with Crippen LogP contribution in [0.5, 0.6) is 0 Å². The van der Waals surface area contributed by atoms with E-state index in [2.05, 4.69) is 5.32 Å². The van der Waals surface area contributed by atoms with Crippen molar-refractivity contribution < 1.29 is 17.9 Å². The standard InChI is InChI=1S/C18H19ClN2O4S/c1-2-25-18(22)20-16-6-3-13-9-10-21(12-14(13)11-16)26(23,24)17-7-4-15(19)5-8-17/h3-8,11H,2,9-10,12H2,1H3,(H,20,22). The molecular formula is C18H19ClN2O4S. The largest absolute Gasteiger partial charge is 0.450 e. The lowest BCUT2D eigenvalue weighted by atomic mass is 10.0. The fraction of sp³-hybridized carbons (Fsp3) is 0.278. The molecule has 1 heterocycles. The predicted molar refractivity (Wildman–Crippen MR) is 99.8 cm³/mol. The highest BCUT2D eigenvalue weighted by Gasteiger charge is 2.28. The molecule has 0 aliphatic carbocycles. The van der Waals surface area contributed by atoms with E-state index in [0.717, 1.165) is 11.1 Å². The quantitative estimate of drug-likeness (QED) is 0.858. The van der Waals surface area contributed by atoms with Crippen molar-refractivity contribution in [1.82, 2.24) is 4.31 Å². The Kier molecular flexibility index (Phi) is 5.50. The van der Waals surface area contributed by atoms with Crippen LogP contribution in [0.2, 0.25) is 5.02 Å². The Balaban J connectivity index is 1.81. The minimum absolute atomic E-state index is 0.214. The molecule has 0 aromatic heterocycles. The van der Waals surface area contributed by atoms with Gasteiger partial charge in [-0.15, -0.1) is 0 Å². The van der Waals surface area contributed by atoms with Gasteiger partial charge in [0.05, 0.1) is 11.5 Å². The zero-order chi connectivity index (χ0) is 18.7. The SMILES string of the molecule is CCOC(=O)Nc1ccc2c(c1)CN(S(=O)(=O)c1ccc(Cl)cc1)CC2. The fourth-order valence-corrected chi connectivity index (χ4v) is 4.40. The third kappa shape index (κ3) is 4.00. The number of nitrogens with zero attached hydrogens (tertiary/aromatic N) is 1. The number of halogens is 1. The third-order valence-electron chi connectivity index (χ3n) is 4.16. The smallest absolute Gasteiger partial charge is 0.411 e. The van der Waals surface area contributed by atoms with Gasteiger partial charge in [-0.3, -0.25) is 5.32 Å². The maximum atomic E-state index is 12.8. The number of fused-ring (bicyclic) bond motifs is 1. The number of amides is 1. The predicted octanol–water partition coefficient (Wildman–Crippen LogP) is 3.66. The van der Waals surface area contributed by atoms with Gasteiger partial charge in [-0.2, -0.15) is 4.31 Å². The Labute approximate surface area is 157 Å².